The molecule has 2 aromatic carbocycles. The number of benzene rings is 2. The van der Waals surface area contributed by atoms with Crippen molar-refractivity contribution in [2.75, 3.05) is 19.5 Å². The van der Waals surface area contributed by atoms with Gasteiger partial charge in [-0.15, -0.1) is 0 Å². The molecule has 0 aliphatic carbocycles. The summed E-state index contributed by atoms with van der Waals surface area (Å²) in [5.74, 6) is -0.396. The van der Waals surface area contributed by atoms with Crippen molar-refractivity contribution >= 4 is 17.6 Å². The standard InChI is InChI=1S/C20H23NO5/c1-5-14-9-11-15(12-10-14)21-19(22)13(2)26-20(23)16-7-6-8-17(24-3)18(16)25-4/h6-13H,5H2,1-4H3,(H,21,22)/t13-/m1/s1. The summed E-state index contributed by atoms with van der Waals surface area (Å²) in [5, 5.41) is 2.73. The average molecular weight is 357 g/mol. The van der Waals surface area contributed by atoms with Crippen LogP contribution in [-0.2, 0) is 16.0 Å². The smallest absolute Gasteiger partial charge is 0.342 e. The molecule has 1 N–H and O–H groups in total. The van der Waals surface area contributed by atoms with Crippen molar-refractivity contribution in [1.29, 1.82) is 0 Å². The number of anilines is 1. The predicted octanol–water partition coefficient (Wildman–Crippen LogP) is 3.45. The number of methoxy groups -OCH3 is 2. The van der Waals surface area contributed by atoms with Crippen LogP contribution in [0.5, 0.6) is 11.5 Å². The molecule has 6 heteroatoms. The summed E-state index contributed by atoms with van der Waals surface area (Å²) < 4.78 is 15.7. The predicted molar refractivity (Wildman–Crippen MR) is 98.9 cm³/mol. The molecule has 0 bridgehead atoms. The van der Waals surface area contributed by atoms with E-state index in [2.05, 4.69) is 12.2 Å². The van der Waals surface area contributed by atoms with Crippen molar-refractivity contribution in [2.45, 2.75) is 26.4 Å². The van der Waals surface area contributed by atoms with Gasteiger partial charge in [0, 0.05) is 5.69 Å². The molecular formula is C20H23NO5. The summed E-state index contributed by atoms with van der Waals surface area (Å²) in [4.78, 5) is 24.7. The Bertz CT molecular complexity index is 770. The second kappa shape index (κ2) is 8.89. The van der Waals surface area contributed by atoms with Gasteiger partial charge in [-0.1, -0.05) is 25.1 Å². The van der Waals surface area contributed by atoms with E-state index in [-0.39, 0.29) is 11.3 Å². The Kier molecular flexibility index (Phi) is 6.60. The minimum Gasteiger partial charge on any atom is -0.493 e. The summed E-state index contributed by atoms with van der Waals surface area (Å²) >= 11 is 0. The molecule has 0 saturated heterocycles. The molecule has 0 spiro atoms. The van der Waals surface area contributed by atoms with Crippen molar-refractivity contribution in [3.8, 4) is 11.5 Å². The molecular weight excluding hydrogens is 334 g/mol. The Morgan fingerprint density at radius 3 is 2.31 bits per heavy atom. The molecule has 0 aliphatic rings. The van der Waals surface area contributed by atoms with Gasteiger partial charge in [0.25, 0.3) is 5.91 Å². The number of amides is 1. The third kappa shape index (κ3) is 4.53. The Balaban J connectivity index is 2.05. The SMILES string of the molecule is CCc1ccc(NC(=O)[C@@H](C)OC(=O)c2cccc(OC)c2OC)cc1. The van der Waals surface area contributed by atoms with Crippen LogP contribution >= 0.6 is 0 Å². The van der Waals surface area contributed by atoms with Crippen LogP contribution in [-0.4, -0.2) is 32.2 Å². The molecule has 6 nitrogen and oxygen atoms in total. The fraction of sp³-hybridized carbons (Fsp3) is 0.300. The molecule has 0 unspecified atom stereocenters. The van der Waals surface area contributed by atoms with Crippen LogP contribution in [0.4, 0.5) is 5.69 Å². The van der Waals surface area contributed by atoms with Crippen LogP contribution < -0.4 is 14.8 Å². The fourth-order valence-corrected chi connectivity index (χ4v) is 2.39. The molecule has 0 aromatic heterocycles. The molecule has 0 heterocycles. The number of nitrogens with one attached hydrogen (secondary N) is 1. The van der Waals surface area contributed by atoms with E-state index in [0.29, 0.717) is 11.4 Å². The largest absolute Gasteiger partial charge is 0.493 e. The molecule has 26 heavy (non-hydrogen) atoms. The number of hydrogen-bond donors (Lipinski definition) is 1. The van der Waals surface area contributed by atoms with Crippen LogP contribution in [0.2, 0.25) is 0 Å². The van der Waals surface area contributed by atoms with E-state index in [9.17, 15) is 9.59 Å². The van der Waals surface area contributed by atoms with E-state index in [1.807, 2.05) is 24.3 Å². The minimum absolute atomic E-state index is 0.193. The van der Waals surface area contributed by atoms with Gasteiger partial charge in [0.05, 0.1) is 14.2 Å². The first kappa shape index (κ1) is 19.3. The monoisotopic (exact) mass is 357 g/mol. The van der Waals surface area contributed by atoms with E-state index >= 15 is 0 Å². The number of hydrogen-bond acceptors (Lipinski definition) is 5. The second-order valence-corrected chi connectivity index (χ2v) is 5.63. The van der Waals surface area contributed by atoms with Gasteiger partial charge in [0.15, 0.2) is 17.6 Å². The quantitative estimate of drug-likeness (QED) is 0.768. The number of carbonyl (C=O) groups is 2. The first-order valence-electron chi connectivity index (χ1n) is 8.31. The first-order valence-corrected chi connectivity index (χ1v) is 8.31. The second-order valence-electron chi connectivity index (χ2n) is 5.63. The van der Waals surface area contributed by atoms with Crippen LogP contribution in [0.3, 0.4) is 0 Å². The lowest BCUT2D eigenvalue weighted by Gasteiger charge is -2.16. The topological polar surface area (TPSA) is 73.9 Å². The number of carbonyl (C=O) groups excluding carboxylic acids is 2. The Morgan fingerprint density at radius 2 is 1.73 bits per heavy atom. The number of ether oxygens (including phenoxy) is 3. The average Bonchev–Trinajstić information content (AvgIpc) is 2.67. The number of aryl methyl sites for hydroxylation is 1. The van der Waals surface area contributed by atoms with Gasteiger partial charge in [0.2, 0.25) is 0 Å². The van der Waals surface area contributed by atoms with Gasteiger partial charge in [-0.25, -0.2) is 4.79 Å². The summed E-state index contributed by atoms with van der Waals surface area (Å²) in [6.07, 6.45) is -0.0470. The number of rotatable bonds is 7. The van der Waals surface area contributed by atoms with E-state index < -0.39 is 18.0 Å². The lowest BCUT2D eigenvalue weighted by Crippen LogP contribution is -2.30. The Hall–Kier alpha value is -3.02. The Morgan fingerprint density at radius 1 is 1.04 bits per heavy atom. The van der Waals surface area contributed by atoms with Gasteiger partial charge in [-0.2, -0.15) is 0 Å². The summed E-state index contributed by atoms with van der Waals surface area (Å²) in [5.41, 5.74) is 2.01. The maximum Gasteiger partial charge on any atom is 0.342 e. The molecule has 0 aliphatic heterocycles. The molecule has 1 amide bonds. The van der Waals surface area contributed by atoms with Gasteiger partial charge in [-0.05, 0) is 43.2 Å². The van der Waals surface area contributed by atoms with Crippen LogP contribution in [0, 0.1) is 0 Å². The highest BCUT2D eigenvalue weighted by Gasteiger charge is 2.23. The summed E-state index contributed by atoms with van der Waals surface area (Å²) in [6, 6.07) is 12.4. The molecule has 138 valence electrons. The van der Waals surface area contributed by atoms with Gasteiger partial charge >= 0.3 is 5.97 Å². The minimum atomic E-state index is -0.968. The highest BCUT2D eigenvalue weighted by molar-refractivity contribution is 5.98. The zero-order valence-corrected chi connectivity index (χ0v) is 15.4. The normalized spacial score (nSPS) is 11.4. The van der Waals surface area contributed by atoms with Crippen molar-refractivity contribution in [3.63, 3.8) is 0 Å². The summed E-state index contributed by atoms with van der Waals surface area (Å²) in [6.45, 7) is 3.57. The third-order valence-corrected chi connectivity index (χ3v) is 3.91. The Labute approximate surface area is 153 Å². The maximum atomic E-state index is 12.4. The zero-order chi connectivity index (χ0) is 19.1. The molecule has 2 aromatic rings. The van der Waals surface area contributed by atoms with Crippen molar-refractivity contribution in [1.82, 2.24) is 0 Å². The lowest BCUT2D eigenvalue weighted by molar-refractivity contribution is -0.123. The van der Waals surface area contributed by atoms with Gasteiger partial charge in [0.1, 0.15) is 5.56 Å². The first-order chi connectivity index (χ1) is 12.5. The molecule has 0 saturated carbocycles. The van der Waals surface area contributed by atoms with Crippen molar-refractivity contribution < 1.29 is 23.8 Å². The highest BCUT2D eigenvalue weighted by Crippen LogP contribution is 2.31. The van der Waals surface area contributed by atoms with E-state index in [1.165, 1.54) is 26.7 Å². The number of esters is 1. The van der Waals surface area contributed by atoms with Crippen molar-refractivity contribution in [2.24, 2.45) is 0 Å². The van der Waals surface area contributed by atoms with Crippen LogP contribution in [0.15, 0.2) is 42.5 Å². The zero-order valence-electron chi connectivity index (χ0n) is 15.4. The number of para-hydroxylation sites is 1. The molecule has 2 rings (SSSR count). The summed E-state index contributed by atoms with van der Waals surface area (Å²) in [7, 11) is 2.91. The lowest BCUT2D eigenvalue weighted by atomic mass is 10.1. The fourth-order valence-electron chi connectivity index (χ4n) is 2.39. The highest BCUT2D eigenvalue weighted by atomic mass is 16.6. The van der Waals surface area contributed by atoms with Gasteiger partial charge < -0.3 is 19.5 Å². The van der Waals surface area contributed by atoms with E-state index in [4.69, 9.17) is 14.2 Å². The van der Waals surface area contributed by atoms with E-state index in [1.54, 1.807) is 18.2 Å². The van der Waals surface area contributed by atoms with Crippen molar-refractivity contribution in [3.05, 3.63) is 53.6 Å². The van der Waals surface area contributed by atoms with Crippen LogP contribution in [0.1, 0.15) is 29.8 Å². The molecule has 0 radical (unpaired) electrons. The van der Waals surface area contributed by atoms with Crippen LogP contribution in [0.25, 0.3) is 0 Å². The molecule has 1 atom stereocenters. The maximum absolute atomic E-state index is 12.4. The third-order valence-electron chi connectivity index (χ3n) is 3.91. The van der Waals surface area contributed by atoms with E-state index in [0.717, 1.165) is 6.42 Å². The molecule has 0 fully saturated rings. The van der Waals surface area contributed by atoms with Gasteiger partial charge in [-0.3, -0.25) is 4.79 Å².